The van der Waals surface area contributed by atoms with Crippen LogP contribution in [-0.4, -0.2) is 35.3 Å². The molecule has 2 bridgehead atoms. The number of carbonyl (C=O) groups excluding carboxylic acids is 2. The molecule has 0 spiro atoms. The van der Waals surface area contributed by atoms with E-state index in [1.165, 1.54) is 0 Å². The van der Waals surface area contributed by atoms with Gasteiger partial charge in [0.2, 0.25) is 11.8 Å². The molecular weight excluding hydrogens is 276 g/mol. The first kappa shape index (κ1) is 15.8. The fourth-order valence-electron chi connectivity index (χ4n) is 4.63. The highest BCUT2D eigenvalue weighted by molar-refractivity contribution is 5.83. The third kappa shape index (κ3) is 2.77. The van der Waals surface area contributed by atoms with Crippen molar-refractivity contribution < 1.29 is 9.59 Å². The summed E-state index contributed by atoms with van der Waals surface area (Å²) in [4.78, 5) is 27.0. The van der Waals surface area contributed by atoms with Crippen LogP contribution in [0.15, 0.2) is 0 Å². The number of nitrogens with one attached hydrogen (secondary N) is 1. The molecule has 124 valence electrons. The molecule has 1 aliphatic heterocycles. The van der Waals surface area contributed by atoms with Gasteiger partial charge < -0.3 is 10.2 Å². The molecule has 4 rings (SSSR count). The second kappa shape index (κ2) is 5.86. The molecule has 1 N–H and O–H groups in total. The van der Waals surface area contributed by atoms with Crippen LogP contribution >= 0.6 is 0 Å². The van der Waals surface area contributed by atoms with Crippen LogP contribution < -0.4 is 5.32 Å². The van der Waals surface area contributed by atoms with Crippen molar-refractivity contribution in [3.8, 4) is 0 Å². The van der Waals surface area contributed by atoms with Crippen LogP contribution in [0.25, 0.3) is 0 Å². The van der Waals surface area contributed by atoms with Gasteiger partial charge >= 0.3 is 0 Å². The molecule has 0 aromatic carbocycles. The minimum absolute atomic E-state index is 0.00840. The van der Waals surface area contributed by atoms with E-state index < -0.39 is 0 Å². The maximum absolute atomic E-state index is 13.1. The highest BCUT2D eigenvalue weighted by Crippen LogP contribution is 2.53. The lowest BCUT2D eigenvalue weighted by Gasteiger charge is -2.54. The van der Waals surface area contributed by atoms with E-state index in [-0.39, 0.29) is 16.9 Å². The summed E-state index contributed by atoms with van der Waals surface area (Å²) in [5.41, 5.74) is -0.120. The summed E-state index contributed by atoms with van der Waals surface area (Å²) < 4.78 is 0. The SMILES string of the molecule is CCC(=O)NC12CCC(C(=O)N3CCC(C)CC3)(CC1)CC2. The summed E-state index contributed by atoms with van der Waals surface area (Å²) in [6, 6.07) is 0. The average Bonchev–Trinajstić information content (AvgIpc) is 2.56. The van der Waals surface area contributed by atoms with Crippen LogP contribution in [0.4, 0.5) is 0 Å². The molecule has 1 saturated heterocycles. The topological polar surface area (TPSA) is 49.4 Å². The summed E-state index contributed by atoms with van der Waals surface area (Å²) in [7, 11) is 0. The van der Waals surface area contributed by atoms with Crippen LogP contribution in [0.2, 0.25) is 0 Å². The van der Waals surface area contributed by atoms with Crippen LogP contribution in [0.3, 0.4) is 0 Å². The van der Waals surface area contributed by atoms with E-state index in [0.717, 1.165) is 70.4 Å². The van der Waals surface area contributed by atoms with Crippen molar-refractivity contribution >= 4 is 11.8 Å². The van der Waals surface area contributed by atoms with Gasteiger partial charge in [-0.3, -0.25) is 9.59 Å². The van der Waals surface area contributed by atoms with Crippen molar-refractivity contribution in [1.29, 1.82) is 0 Å². The van der Waals surface area contributed by atoms with Gasteiger partial charge in [0.15, 0.2) is 0 Å². The molecule has 0 aromatic heterocycles. The third-order valence-corrected chi connectivity index (χ3v) is 6.50. The Morgan fingerprint density at radius 2 is 1.59 bits per heavy atom. The van der Waals surface area contributed by atoms with Gasteiger partial charge in [0.05, 0.1) is 0 Å². The number of rotatable bonds is 3. The predicted molar refractivity (Wildman–Crippen MR) is 86.3 cm³/mol. The Balaban J connectivity index is 1.63. The Kier molecular flexibility index (Phi) is 4.21. The molecule has 0 radical (unpaired) electrons. The molecule has 3 saturated carbocycles. The Morgan fingerprint density at radius 3 is 2.09 bits per heavy atom. The van der Waals surface area contributed by atoms with Gasteiger partial charge in [-0.1, -0.05) is 13.8 Å². The summed E-state index contributed by atoms with van der Waals surface area (Å²) in [5, 5.41) is 3.25. The summed E-state index contributed by atoms with van der Waals surface area (Å²) in [6.07, 6.45) is 8.68. The quantitative estimate of drug-likeness (QED) is 0.871. The van der Waals surface area contributed by atoms with Crippen molar-refractivity contribution in [1.82, 2.24) is 10.2 Å². The molecule has 1 heterocycles. The third-order valence-electron chi connectivity index (χ3n) is 6.50. The fraction of sp³-hybridized carbons (Fsp3) is 0.889. The first-order chi connectivity index (χ1) is 10.5. The molecule has 0 unspecified atom stereocenters. The molecule has 4 nitrogen and oxygen atoms in total. The molecule has 22 heavy (non-hydrogen) atoms. The zero-order valence-electron chi connectivity index (χ0n) is 14.1. The van der Waals surface area contributed by atoms with Gasteiger partial charge in [0, 0.05) is 30.5 Å². The summed E-state index contributed by atoms with van der Waals surface area (Å²) >= 11 is 0. The molecular formula is C18H30N2O2. The van der Waals surface area contributed by atoms with Crippen LogP contribution in [0, 0.1) is 11.3 Å². The average molecular weight is 306 g/mol. The second-order valence-corrected chi connectivity index (χ2v) is 7.94. The van der Waals surface area contributed by atoms with E-state index in [2.05, 4.69) is 17.1 Å². The van der Waals surface area contributed by atoms with Crippen LogP contribution in [0.1, 0.15) is 71.6 Å². The van der Waals surface area contributed by atoms with E-state index in [9.17, 15) is 9.59 Å². The zero-order chi connectivity index (χ0) is 15.8. The van der Waals surface area contributed by atoms with Crippen molar-refractivity contribution in [2.45, 2.75) is 77.2 Å². The molecule has 3 aliphatic carbocycles. The normalized spacial score (nSPS) is 35.5. The minimum Gasteiger partial charge on any atom is -0.351 e. The monoisotopic (exact) mass is 306 g/mol. The fourth-order valence-corrected chi connectivity index (χ4v) is 4.63. The molecule has 0 atom stereocenters. The van der Waals surface area contributed by atoms with Gasteiger partial charge in [-0.15, -0.1) is 0 Å². The predicted octanol–water partition coefficient (Wildman–Crippen LogP) is 2.86. The molecule has 4 fully saturated rings. The first-order valence-electron chi connectivity index (χ1n) is 9.09. The number of hydrogen-bond acceptors (Lipinski definition) is 2. The molecule has 2 amide bonds. The summed E-state index contributed by atoms with van der Waals surface area (Å²) in [5.74, 6) is 1.33. The maximum Gasteiger partial charge on any atom is 0.228 e. The smallest absolute Gasteiger partial charge is 0.228 e. The van der Waals surface area contributed by atoms with E-state index in [1.54, 1.807) is 0 Å². The number of carbonyl (C=O) groups is 2. The Labute approximate surface area is 134 Å². The largest absolute Gasteiger partial charge is 0.351 e. The van der Waals surface area contributed by atoms with Crippen LogP contribution in [0.5, 0.6) is 0 Å². The van der Waals surface area contributed by atoms with Gasteiger partial charge in [0.1, 0.15) is 0 Å². The maximum atomic E-state index is 13.1. The lowest BCUT2D eigenvalue weighted by Crippen LogP contribution is -2.60. The molecule has 0 aromatic rings. The Bertz CT molecular complexity index is 427. The second-order valence-electron chi connectivity index (χ2n) is 7.94. The molecule has 4 heteroatoms. The van der Waals surface area contributed by atoms with E-state index in [0.29, 0.717) is 12.3 Å². The number of piperidine rings is 1. The number of fused-ring (bicyclic) bond motifs is 3. The molecule has 4 aliphatic rings. The lowest BCUT2D eigenvalue weighted by molar-refractivity contribution is -0.151. The van der Waals surface area contributed by atoms with E-state index in [4.69, 9.17) is 0 Å². The van der Waals surface area contributed by atoms with Crippen molar-refractivity contribution in [2.75, 3.05) is 13.1 Å². The first-order valence-corrected chi connectivity index (χ1v) is 9.09. The van der Waals surface area contributed by atoms with Crippen LogP contribution in [-0.2, 0) is 9.59 Å². The van der Waals surface area contributed by atoms with Gasteiger partial charge in [0.25, 0.3) is 0 Å². The van der Waals surface area contributed by atoms with Crippen molar-refractivity contribution in [3.63, 3.8) is 0 Å². The van der Waals surface area contributed by atoms with Gasteiger partial charge in [-0.05, 0) is 57.3 Å². The number of hydrogen-bond donors (Lipinski definition) is 1. The zero-order valence-corrected chi connectivity index (χ0v) is 14.1. The Hall–Kier alpha value is -1.06. The number of amides is 2. The highest BCUT2D eigenvalue weighted by atomic mass is 16.2. The number of likely N-dealkylation sites (tertiary alicyclic amines) is 1. The van der Waals surface area contributed by atoms with Gasteiger partial charge in [-0.25, -0.2) is 0 Å². The van der Waals surface area contributed by atoms with E-state index >= 15 is 0 Å². The Morgan fingerprint density at radius 1 is 1.05 bits per heavy atom. The lowest BCUT2D eigenvalue weighted by atomic mass is 9.56. The number of nitrogens with zero attached hydrogens (tertiary/aromatic N) is 1. The van der Waals surface area contributed by atoms with E-state index in [1.807, 2.05) is 6.92 Å². The highest BCUT2D eigenvalue weighted by Gasteiger charge is 2.53. The standard InChI is InChI=1S/C18H30N2O2/c1-3-15(21)19-18-9-6-17(7-10-18,8-11-18)16(22)20-12-4-14(2)5-13-20/h14H,3-13H2,1-2H3,(H,19,21). The summed E-state index contributed by atoms with van der Waals surface area (Å²) in [6.45, 7) is 6.08. The van der Waals surface area contributed by atoms with Gasteiger partial charge in [-0.2, -0.15) is 0 Å². The van der Waals surface area contributed by atoms with Crippen molar-refractivity contribution in [2.24, 2.45) is 11.3 Å². The minimum atomic E-state index is -0.112. The van der Waals surface area contributed by atoms with Crippen molar-refractivity contribution in [3.05, 3.63) is 0 Å².